The Labute approximate surface area is 111 Å². The second-order valence-electron chi connectivity index (χ2n) is 3.70. The van der Waals surface area contributed by atoms with Crippen LogP contribution >= 0.6 is 15.9 Å². The fraction of sp³-hybridized carbons (Fsp3) is 0.364. The lowest BCUT2D eigenvalue weighted by Crippen LogP contribution is -2.34. The fourth-order valence-electron chi connectivity index (χ4n) is 1.37. The third-order valence-corrected chi connectivity index (χ3v) is 3.07. The highest BCUT2D eigenvalue weighted by Gasteiger charge is 2.31. The van der Waals surface area contributed by atoms with Gasteiger partial charge in [-0.05, 0) is 40.5 Å². The van der Waals surface area contributed by atoms with Crippen molar-refractivity contribution in [2.75, 3.05) is 5.32 Å². The smallest absolute Gasteiger partial charge is 0.373 e. The molecule has 1 rings (SSSR count). The number of benzene rings is 1. The Balaban J connectivity index is 3.05. The van der Waals surface area contributed by atoms with Crippen LogP contribution in [0.25, 0.3) is 0 Å². The molecule has 0 spiro atoms. The van der Waals surface area contributed by atoms with Crippen molar-refractivity contribution < 1.29 is 18.0 Å². The van der Waals surface area contributed by atoms with Gasteiger partial charge in [-0.15, -0.1) is 0 Å². The molecule has 1 unspecified atom stereocenters. The SMILES string of the molecule is CCC(Nc1cc(C(F)(F)F)ccc1Br)C(N)=O. The molecule has 0 heterocycles. The normalized spacial score (nSPS) is 13.2. The van der Waals surface area contributed by atoms with E-state index in [1.54, 1.807) is 6.92 Å². The number of nitrogens with two attached hydrogens (primary N) is 1. The van der Waals surface area contributed by atoms with E-state index in [9.17, 15) is 18.0 Å². The van der Waals surface area contributed by atoms with Gasteiger partial charge in [0.2, 0.25) is 5.91 Å². The molecule has 0 saturated heterocycles. The van der Waals surface area contributed by atoms with Gasteiger partial charge < -0.3 is 11.1 Å². The first-order valence-electron chi connectivity index (χ1n) is 5.18. The van der Waals surface area contributed by atoms with Crippen LogP contribution in [0.15, 0.2) is 22.7 Å². The zero-order chi connectivity index (χ0) is 13.9. The molecule has 1 atom stereocenters. The first-order valence-corrected chi connectivity index (χ1v) is 5.97. The van der Waals surface area contributed by atoms with Crippen LogP contribution in [0, 0.1) is 0 Å². The molecule has 0 aliphatic heterocycles. The third kappa shape index (κ3) is 3.63. The molecule has 0 aromatic heterocycles. The van der Waals surface area contributed by atoms with Crippen LogP contribution in [-0.4, -0.2) is 11.9 Å². The first kappa shape index (κ1) is 14.8. The largest absolute Gasteiger partial charge is 0.416 e. The van der Waals surface area contributed by atoms with Crippen molar-refractivity contribution in [2.45, 2.75) is 25.6 Å². The summed E-state index contributed by atoms with van der Waals surface area (Å²) in [7, 11) is 0. The van der Waals surface area contributed by atoms with E-state index in [4.69, 9.17) is 5.73 Å². The van der Waals surface area contributed by atoms with E-state index in [1.165, 1.54) is 6.07 Å². The lowest BCUT2D eigenvalue weighted by Gasteiger charge is -2.17. The number of hydrogen-bond acceptors (Lipinski definition) is 2. The number of rotatable bonds is 4. The van der Waals surface area contributed by atoms with Gasteiger partial charge in [0.25, 0.3) is 0 Å². The third-order valence-electron chi connectivity index (χ3n) is 2.38. The fourth-order valence-corrected chi connectivity index (χ4v) is 1.74. The highest BCUT2D eigenvalue weighted by Crippen LogP contribution is 2.34. The van der Waals surface area contributed by atoms with E-state index in [0.717, 1.165) is 12.1 Å². The van der Waals surface area contributed by atoms with Gasteiger partial charge in [-0.3, -0.25) is 4.79 Å². The van der Waals surface area contributed by atoms with Gasteiger partial charge >= 0.3 is 6.18 Å². The first-order chi connectivity index (χ1) is 8.25. The van der Waals surface area contributed by atoms with Gasteiger partial charge in [0.05, 0.1) is 5.56 Å². The van der Waals surface area contributed by atoms with Gasteiger partial charge in [0.1, 0.15) is 6.04 Å². The number of carbonyl (C=O) groups excluding carboxylic acids is 1. The summed E-state index contributed by atoms with van der Waals surface area (Å²) < 4.78 is 38.1. The maximum atomic E-state index is 12.5. The molecule has 7 heteroatoms. The topological polar surface area (TPSA) is 55.1 Å². The van der Waals surface area contributed by atoms with E-state index in [-0.39, 0.29) is 5.69 Å². The lowest BCUT2D eigenvalue weighted by atomic mass is 10.1. The van der Waals surface area contributed by atoms with E-state index in [2.05, 4.69) is 21.2 Å². The highest BCUT2D eigenvalue weighted by atomic mass is 79.9. The number of primary amides is 1. The average Bonchev–Trinajstić information content (AvgIpc) is 2.25. The minimum absolute atomic E-state index is 0.190. The van der Waals surface area contributed by atoms with Crippen molar-refractivity contribution in [3.63, 3.8) is 0 Å². The van der Waals surface area contributed by atoms with Gasteiger partial charge in [0.15, 0.2) is 0 Å². The molecular formula is C11H12BrF3N2O. The Morgan fingerprint density at radius 1 is 1.50 bits per heavy atom. The molecule has 1 aromatic rings. The molecule has 1 aromatic carbocycles. The molecule has 100 valence electrons. The van der Waals surface area contributed by atoms with Crippen molar-refractivity contribution in [1.82, 2.24) is 0 Å². The number of carbonyl (C=O) groups is 1. The zero-order valence-corrected chi connectivity index (χ0v) is 11.1. The number of halogens is 4. The molecule has 18 heavy (non-hydrogen) atoms. The number of amides is 1. The van der Waals surface area contributed by atoms with Gasteiger partial charge in [0, 0.05) is 10.2 Å². The molecule has 3 N–H and O–H groups in total. The number of anilines is 1. The number of hydrogen-bond donors (Lipinski definition) is 2. The maximum absolute atomic E-state index is 12.5. The summed E-state index contributed by atoms with van der Waals surface area (Å²) in [6, 6.07) is 2.47. The molecule has 3 nitrogen and oxygen atoms in total. The minimum atomic E-state index is -4.43. The van der Waals surface area contributed by atoms with Crippen LogP contribution in [0.4, 0.5) is 18.9 Å². The summed E-state index contributed by atoms with van der Waals surface area (Å²) in [5.41, 5.74) is 4.54. The Morgan fingerprint density at radius 3 is 2.56 bits per heavy atom. The Kier molecular flexibility index (Phi) is 4.61. The van der Waals surface area contributed by atoms with Gasteiger partial charge in [-0.25, -0.2) is 0 Å². The monoisotopic (exact) mass is 324 g/mol. The highest BCUT2D eigenvalue weighted by molar-refractivity contribution is 9.10. The predicted molar refractivity (Wildman–Crippen MR) is 66.0 cm³/mol. The van der Waals surface area contributed by atoms with E-state index < -0.39 is 23.7 Å². The summed E-state index contributed by atoms with van der Waals surface area (Å²) >= 11 is 3.12. The van der Waals surface area contributed by atoms with Gasteiger partial charge in [-0.1, -0.05) is 6.92 Å². The van der Waals surface area contributed by atoms with E-state index in [1.807, 2.05) is 0 Å². The standard InChI is InChI=1S/C11H12BrF3N2O/c1-2-8(10(16)18)17-9-5-6(11(13,14)15)3-4-7(9)12/h3-5,8,17H,2H2,1H3,(H2,16,18). The van der Waals surface area contributed by atoms with E-state index in [0.29, 0.717) is 10.9 Å². The average molecular weight is 325 g/mol. The molecule has 0 saturated carbocycles. The molecular weight excluding hydrogens is 313 g/mol. The Bertz CT molecular complexity index is 448. The van der Waals surface area contributed by atoms with Crippen LogP contribution in [0.5, 0.6) is 0 Å². The summed E-state index contributed by atoms with van der Waals surface area (Å²) in [4.78, 5) is 11.1. The van der Waals surface area contributed by atoms with Crippen molar-refractivity contribution in [2.24, 2.45) is 5.73 Å². The number of alkyl halides is 3. The zero-order valence-electron chi connectivity index (χ0n) is 9.51. The van der Waals surface area contributed by atoms with Crippen LogP contribution in [-0.2, 0) is 11.0 Å². The summed E-state index contributed by atoms with van der Waals surface area (Å²) in [5, 5.41) is 2.69. The van der Waals surface area contributed by atoms with Crippen molar-refractivity contribution >= 4 is 27.5 Å². The molecule has 0 radical (unpaired) electrons. The summed E-state index contributed by atoms with van der Waals surface area (Å²) in [6.45, 7) is 1.71. The van der Waals surface area contributed by atoms with Crippen LogP contribution in [0.1, 0.15) is 18.9 Å². The van der Waals surface area contributed by atoms with Crippen molar-refractivity contribution in [3.8, 4) is 0 Å². The Morgan fingerprint density at radius 2 is 2.11 bits per heavy atom. The van der Waals surface area contributed by atoms with Crippen LogP contribution < -0.4 is 11.1 Å². The van der Waals surface area contributed by atoms with Crippen molar-refractivity contribution in [1.29, 1.82) is 0 Å². The molecule has 0 aliphatic carbocycles. The maximum Gasteiger partial charge on any atom is 0.416 e. The van der Waals surface area contributed by atoms with Gasteiger partial charge in [-0.2, -0.15) is 13.2 Å². The Hall–Kier alpha value is -1.24. The number of nitrogens with one attached hydrogen (secondary N) is 1. The van der Waals surface area contributed by atoms with E-state index >= 15 is 0 Å². The quantitative estimate of drug-likeness (QED) is 0.893. The summed E-state index contributed by atoms with van der Waals surface area (Å²) in [6.07, 6.45) is -4.04. The second-order valence-corrected chi connectivity index (χ2v) is 4.55. The predicted octanol–water partition coefficient (Wildman–Crippen LogP) is 3.14. The molecule has 0 bridgehead atoms. The van der Waals surface area contributed by atoms with Crippen LogP contribution in [0.3, 0.4) is 0 Å². The lowest BCUT2D eigenvalue weighted by molar-refractivity contribution is -0.137. The summed E-state index contributed by atoms with van der Waals surface area (Å²) in [5.74, 6) is -0.609. The second kappa shape index (κ2) is 5.60. The van der Waals surface area contributed by atoms with Crippen molar-refractivity contribution in [3.05, 3.63) is 28.2 Å². The molecule has 1 amide bonds. The molecule has 0 aliphatic rings. The minimum Gasteiger partial charge on any atom is -0.373 e. The molecule has 0 fully saturated rings. The van der Waals surface area contributed by atoms with Crippen LogP contribution in [0.2, 0.25) is 0 Å².